The maximum atomic E-state index is 10.7. The second-order valence-electron chi connectivity index (χ2n) is 7.13. The zero-order valence-electron chi connectivity index (χ0n) is 18.1. The van der Waals surface area contributed by atoms with Crippen LogP contribution in [0.1, 0.15) is 11.1 Å². The van der Waals surface area contributed by atoms with Crippen molar-refractivity contribution < 1.29 is 19.3 Å². The number of nitrogen functional groups attached to an aromatic ring is 1. The number of hydrogen-bond donors (Lipinski definition) is 2. The second-order valence-corrected chi connectivity index (χ2v) is 7.13. The molecule has 1 aromatic heterocycles. The van der Waals surface area contributed by atoms with E-state index in [2.05, 4.69) is 16.5 Å². The number of anilines is 1. The Morgan fingerprint density at radius 2 is 1.67 bits per heavy atom. The van der Waals surface area contributed by atoms with Gasteiger partial charge in [0.25, 0.3) is 0 Å². The lowest BCUT2D eigenvalue weighted by Gasteiger charge is -2.13. The summed E-state index contributed by atoms with van der Waals surface area (Å²) in [5.74, 6) is 2.18. The summed E-state index contributed by atoms with van der Waals surface area (Å²) in [6.45, 7) is 4.11. The molecule has 7 heteroatoms. The molecule has 0 unspecified atom stereocenters. The predicted octanol–water partition coefficient (Wildman–Crippen LogP) is 5.45. The zero-order chi connectivity index (χ0) is 23.2. The van der Waals surface area contributed by atoms with Gasteiger partial charge in [-0.1, -0.05) is 36.9 Å². The van der Waals surface area contributed by atoms with Crippen LogP contribution in [0.4, 0.5) is 5.95 Å². The van der Waals surface area contributed by atoms with Crippen LogP contribution < -0.4 is 19.9 Å². The largest absolute Gasteiger partial charge is 0.507 e. The Morgan fingerprint density at radius 1 is 0.970 bits per heavy atom. The van der Waals surface area contributed by atoms with Gasteiger partial charge in [0, 0.05) is 11.6 Å². The van der Waals surface area contributed by atoms with Gasteiger partial charge in [-0.25, -0.2) is 9.97 Å². The van der Waals surface area contributed by atoms with Gasteiger partial charge in [0.15, 0.2) is 5.75 Å². The van der Waals surface area contributed by atoms with E-state index >= 15 is 0 Å². The van der Waals surface area contributed by atoms with Gasteiger partial charge in [-0.05, 0) is 47.5 Å². The third-order valence-corrected chi connectivity index (χ3v) is 4.91. The predicted molar refractivity (Wildman–Crippen MR) is 127 cm³/mol. The number of phenolic OH excluding ortho intramolecular Hbond substituents is 1. The molecule has 0 amide bonds. The van der Waals surface area contributed by atoms with E-state index in [4.69, 9.17) is 19.9 Å². The Labute approximate surface area is 191 Å². The molecule has 7 nitrogen and oxygen atoms in total. The number of methoxy groups -OCH3 is 1. The standard InChI is InChI=1S/C26H23N3O4/c1-3-17-4-6-18(7-5-17)16-32-21-12-13-22(23(30)14-21)25-24(15-28-26(27)29-25)33-20-10-8-19(31-2)9-11-20/h3-15,30H,1,16H2,2H3,(H2,27,28,29). The molecule has 0 aliphatic carbocycles. The maximum absolute atomic E-state index is 10.7. The molecule has 3 aromatic carbocycles. The number of hydrogen-bond acceptors (Lipinski definition) is 7. The topological polar surface area (TPSA) is 99.7 Å². The monoisotopic (exact) mass is 441 g/mol. The van der Waals surface area contributed by atoms with Gasteiger partial charge < -0.3 is 25.1 Å². The van der Waals surface area contributed by atoms with Gasteiger partial charge in [0.05, 0.1) is 13.3 Å². The Morgan fingerprint density at radius 3 is 2.33 bits per heavy atom. The molecule has 0 saturated heterocycles. The zero-order valence-corrected chi connectivity index (χ0v) is 18.1. The number of aromatic nitrogens is 2. The molecule has 0 atom stereocenters. The highest BCUT2D eigenvalue weighted by Gasteiger charge is 2.16. The van der Waals surface area contributed by atoms with Crippen LogP contribution in [0, 0.1) is 0 Å². The van der Waals surface area contributed by atoms with Crippen molar-refractivity contribution in [1.82, 2.24) is 9.97 Å². The molecule has 0 radical (unpaired) electrons. The number of rotatable bonds is 8. The van der Waals surface area contributed by atoms with Crippen LogP contribution in [0.2, 0.25) is 0 Å². The fourth-order valence-corrected chi connectivity index (χ4v) is 3.14. The van der Waals surface area contributed by atoms with Crippen molar-refractivity contribution in [2.45, 2.75) is 6.61 Å². The number of nitrogens with two attached hydrogens (primary N) is 1. The minimum absolute atomic E-state index is 0.0211. The lowest BCUT2D eigenvalue weighted by molar-refractivity contribution is 0.304. The van der Waals surface area contributed by atoms with E-state index in [0.29, 0.717) is 40.9 Å². The molecular formula is C26H23N3O4. The SMILES string of the molecule is C=Cc1ccc(COc2ccc(-c3nc(N)ncc3Oc3ccc(OC)cc3)c(O)c2)cc1. The number of benzene rings is 3. The van der Waals surface area contributed by atoms with Gasteiger partial charge in [-0.3, -0.25) is 0 Å². The highest BCUT2D eigenvalue weighted by atomic mass is 16.5. The Balaban J connectivity index is 1.55. The first-order valence-electron chi connectivity index (χ1n) is 10.2. The molecule has 0 aliphatic heterocycles. The second kappa shape index (κ2) is 9.74. The van der Waals surface area contributed by atoms with Crippen molar-refractivity contribution >= 4 is 12.0 Å². The van der Waals surface area contributed by atoms with Crippen molar-refractivity contribution in [3.05, 3.63) is 90.6 Å². The number of phenols is 1. The van der Waals surface area contributed by atoms with Crippen LogP contribution in [0.5, 0.6) is 28.7 Å². The highest BCUT2D eigenvalue weighted by Crippen LogP contribution is 2.38. The fraction of sp³-hybridized carbons (Fsp3) is 0.0769. The van der Waals surface area contributed by atoms with Crippen molar-refractivity contribution in [1.29, 1.82) is 0 Å². The summed E-state index contributed by atoms with van der Waals surface area (Å²) in [6.07, 6.45) is 3.26. The van der Waals surface area contributed by atoms with E-state index in [9.17, 15) is 5.11 Å². The summed E-state index contributed by atoms with van der Waals surface area (Å²) < 4.78 is 16.9. The molecule has 0 saturated carbocycles. The summed E-state index contributed by atoms with van der Waals surface area (Å²) in [4.78, 5) is 8.30. The third kappa shape index (κ3) is 5.22. The Bertz CT molecular complexity index is 1260. The third-order valence-electron chi connectivity index (χ3n) is 4.91. The minimum atomic E-state index is -0.0211. The fourth-order valence-electron chi connectivity index (χ4n) is 3.14. The Kier molecular flexibility index (Phi) is 6.40. The first kappa shape index (κ1) is 21.7. The normalized spacial score (nSPS) is 10.5. The van der Waals surface area contributed by atoms with Gasteiger partial charge in [-0.2, -0.15) is 0 Å². The van der Waals surface area contributed by atoms with Crippen molar-refractivity contribution in [2.24, 2.45) is 0 Å². The summed E-state index contributed by atoms with van der Waals surface area (Å²) in [5, 5.41) is 10.7. The Hall–Kier alpha value is -4.52. The maximum Gasteiger partial charge on any atom is 0.220 e. The molecule has 1 heterocycles. The van der Waals surface area contributed by atoms with Gasteiger partial charge in [-0.15, -0.1) is 0 Å². The molecule has 4 aromatic rings. The summed E-state index contributed by atoms with van der Waals surface area (Å²) in [6, 6.07) is 19.9. The number of ether oxygens (including phenoxy) is 3. The number of aromatic hydroxyl groups is 1. The van der Waals surface area contributed by atoms with Crippen molar-refractivity contribution in [3.8, 4) is 40.0 Å². The quantitative estimate of drug-likeness (QED) is 0.375. The smallest absolute Gasteiger partial charge is 0.220 e. The van der Waals surface area contributed by atoms with Crippen LogP contribution in [-0.4, -0.2) is 22.2 Å². The van der Waals surface area contributed by atoms with Crippen molar-refractivity contribution in [3.63, 3.8) is 0 Å². The van der Waals surface area contributed by atoms with Gasteiger partial charge >= 0.3 is 0 Å². The van der Waals surface area contributed by atoms with Crippen LogP contribution in [0.3, 0.4) is 0 Å². The van der Waals surface area contributed by atoms with E-state index in [0.717, 1.165) is 11.1 Å². The lowest BCUT2D eigenvalue weighted by atomic mass is 10.1. The van der Waals surface area contributed by atoms with E-state index in [-0.39, 0.29) is 11.7 Å². The molecule has 4 rings (SSSR count). The van der Waals surface area contributed by atoms with Gasteiger partial charge in [0.2, 0.25) is 5.95 Å². The molecule has 33 heavy (non-hydrogen) atoms. The minimum Gasteiger partial charge on any atom is -0.507 e. The van der Waals surface area contributed by atoms with Crippen LogP contribution in [0.15, 0.2) is 79.5 Å². The average molecular weight is 441 g/mol. The molecule has 0 bridgehead atoms. The number of nitrogens with zero attached hydrogens (tertiary/aromatic N) is 2. The van der Waals surface area contributed by atoms with Crippen LogP contribution in [0.25, 0.3) is 17.3 Å². The first-order chi connectivity index (χ1) is 16.1. The lowest BCUT2D eigenvalue weighted by Crippen LogP contribution is -2.00. The first-order valence-corrected chi connectivity index (χ1v) is 10.2. The van der Waals surface area contributed by atoms with Crippen LogP contribution >= 0.6 is 0 Å². The van der Waals surface area contributed by atoms with E-state index < -0.39 is 0 Å². The molecular weight excluding hydrogens is 418 g/mol. The molecule has 166 valence electrons. The molecule has 0 aliphatic rings. The average Bonchev–Trinajstić information content (AvgIpc) is 2.85. The molecule has 3 N–H and O–H groups in total. The summed E-state index contributed by atoms with van der Waals surface area (Å²) in [5.41, 5.74) is 8.65. The molecule has 0 spiro atoms. The van der Waals surface area contributed by atoms with Crippen LogP contribution in [-0.2, 0) is 6.61 Å². The molecule has 0 fully saturated rings. The van der Waals surface area contributed by atoms with E-state index in [1.807, 2.05) is 24.3 Å². The summed E-state index contributed by atoms with van der Waals surface area (Å²) >= 11 is 0. The van der Waals surface area contributed by atoms with Gasteiger partial charge in [0.1, 0.15) is 35.3 Å². The van der Waals surface area contributed by atoms with Crippen molar-refractivity contribution in [2.75, 3.05) is 12.8 Å². The summed E-state index contributed by atoms with van der Waals surface area (Å²) in [7, 11) is 1.59. The highest BCUT2D eigenvalue weighted by molar-refractivity contribution is 5.73. The van der Waals surface area contributed by atoms with E-state index in [1.165, 1.54) is 12.3 Å². The van der Waals surface area contributed by atoms with E-state index in [1.54, 1.807) is 49.6 Å².